The molecule has 0 bridgehead atoms. The zero-order chi connectivity index (χ0) is 18.2. The van der Waals surface area contributed by atoms with Gasteiger partial charge in [0.15, 0.2) is 0 Å². The van der Waals surface area contributed by atoms with Crippen molar-refractivity contribution in [2.45, 2.75) is 13.0 Å². The number of hydrogen-bond donors (Lipinski definition) is 1. The Labute approximate surface area is 157 Å². The van der Waals surface area contributed by atoms with Crippen LogP contribution in [0.5, 0.6) is 5.88 Å². The number of imidazole rings is 1. The first-order chi connectivity index (χ1) is 13.3. The molecule has 1 aliphatic heterocycles. The molecule has 0 saturated carbocycles. The van der Waals surface area contributed by atoms with Crippen LogP contribution in [0.3, 0.4) is 0 Å². The van der Waals surface area contributed by atoms with Gasteiger partial charge in [-0.1, -0.05) is 6.08 Å². The van der Waals surface area contributed by atoms with Crippen molar-refractivity contribution in [1.29, 1.82) is 0 Å². The first-order valence-electron chi connectivity index (χ1n) is 9.07. The van der Waals surface area contributed by atoms with E-state index in [0.29, 0.717) is 11.8 Å². The molecule has 0 saturated heterocycles. The summed E-state index contributed by atoms with van der Waals surface area (Å²) in [4.78, 5) is 15.8. The molecule has 0 fully saturated rings. The van der Waals surface area contributed by atoms with E-state index in [1.165, 1.54) is 5.70 Å². The van der Waals surface area contributed by atoms with Crippen LogP contribution in [0, 0.1) is 0 Å². The van der Waals surface area contributed by atoms with Crippen molar-refractivity contribution in [2.24, 2.45) is 0 Å². The van der Waals surface area contributed by atoms with Crippen LogP contribution >= 0.6 is 0 Å². The molecule has 1 N–H and O–H groups in total. The Morgan fingerprint density at radius 3 is 2.85 bits per heavy atom. The molecule has 0 unspecified atom stereocenters. The van der Waals surface area contributed by atoms with Crippen LogP contribution in [0.15, 0.2) is 54.4 Å². The number of nitrogens with one attached hydrogen (secondary N) is 1. The minimum Gasteiger partial charge on any atom is -0.481 e. The smallest absolute Gasteiger partial charge is 0.230 e. The molecule has 1 aliphatic carbocycles. The van der Waals surface area contributed by atoms with E-state index in [9.17, 15) is 0 Å². The van der Waals surface area contributed by atoms with Crippen molar-refractivity contribution in [3.05, 3.63) is 60.2 Å². The van der Waals surface area contributed by atoms with Crippen LogP contribution in [0.1, 0.15) is 5.82 Å². The minimum atomic E-state index is 0.513. The highest BCUT2D eigenvalue weighted by Crippen LogP contribution is 2.25. The van der Waals surface area contributed by atoms with Crippen molar-refractivity contribution in [3.8, 4) is 5.88 Å². The first-order valence-corrected chi connectivity index (χ1v) is 9.07. The Morgan fingerprint density at radius 2 is 2.04 bits per heavy atom. The topological polar surface area (TPSA) is 68.1 Å². The number of hydrogen-bond acceptors (Lipinski definition) is 6. The summed E-state index contributed by atoms with van der Waals surface area (Å²) < 4.78 is 7.49. The normalized spacial score (nSPS) is 15.7. The average Bonchev–Trinajstić information content (AvgIpc) is 2.86. The second kappa shape index (κ2) is 6.42. The van der Waals surface area contributed by atoms with E-state index in [1.54, 1.807) is 19.4 Å². The number of rotatable bonds is 4. The fraction of sp³-hybridized carbons (Fsp3) is 0.250. The van der Waals surface area contributed by atoms with Crippen molar-refractivity contribution >= 4 is 22.7 Å². The van der Waals surface area contributed by atoms with Crippen LogP contribution in [0.2, 0.25) is 0 Å². The Kier molecular flexibility index (Phi) is 3.78. The van der Waals surface area contributed by atoms with Crippen LogP contribution in [0.4, 0.5) is 11.6 Å². The monoisotopic (exact) mass is 360 g/mol. The van der Waals surface area contributed by atoms with E-state index in [-0.39, 0.29) is 0 Å². The Hall–Kier alpha value is -3.35. The van der Waals surface area contributed by atoms with Gasteiger partial charge in [0, 0.05) is 49.7 Å². The molecule has 136 valence electrons. The summed E-state index contributed by atoms with van der Waals surface area (Å²) in [5.41, 5.74) is 4.42. The molecule has 27 heavy (non-hydrogen) atoms. The molecular formula is C20H20N6O. The summed E-state index contributed by atoms with van der Waals surface area (Å²) in [7, 11) is 1.60. The third-order valence-corrected chi connectivity index (χ3v) is 5.02. The number of allylic oxidation sites excluding steroid dienone is 3. The molecule has 7 heteroatoms. The van der Waals surface area contributed by atoms with Gasteiger partial charge in [-0.05, 0) is 30.4 Å². The summed E-state index contributed by atoms with van der Waals surface area (Å²) in [6.07, 6.45) is 9.05. The maximum absolute atomic E-state index is 5.16. The summed E-state index contributed by atoms with van der Waals surface area (Å²) in [5, 5.41) is 3.26. The van der Waals surface area contributed by atoms with Gasteiger partial charge >= 0.3 is 0 Å². The Morgan fingerprint density at radius 1 is 1.11 bits per heavy atom. The highest BCUT2D eigenvalue weighted by Gasteiger charge is 2.19. The summed E-state index contributed by atoms with van der Waals surface area (Å²) in [6.45, 7) is 2.92. The number of benzene rings is 1. The van der Waals surface area contributed by atoms with Gasteiger partial charge in [0.25, 0.3) is 0 Å². The predicted molar refractivity (Wildman–Crippen MR) is 104 cm³/mol. The average molecular weight is 360 g/mol. The molecule has 3 aromatic rings. The number of fused-ring (bicyclic) bond motifs is 3. The van der Waals surface area contributed by atoms with Crippen LogP contribution in [-0.4, -0.2) is 44.6 Å². The van der Waals surface area contributed by atoms with E-state index in [4.69, 9.17) is 9.72 Å². The van der Waals surface area contributed by atoms with E-state index in [2.05, 4.69) is 55.1 Å². The van der Waals surface area contributed by atoms with Gasteiger partial charge in [0.1, 0.15) is 5.82 Å². The molecule has 7 nitrogen and oxygen atoms in total. The Bertz CT molecular complexity index is 1070. The summed E-state index contributed by atoms with van der Waals surface area (Å²) in [6, 6.07) is 7.90. The maximum Gasteiger partial charge on any atom is 0.230 e. The van der Waals surface area contributed by atoms with Gasteiger partial charge in [-0.2, -0.15) is 4.98 Å². The van der Waals surface area contributed by atoms with E-state index >= 15 is 0 Å². The lowest BCUT2D eigenvalue weighted by Crippen LogP contribution is -2.26. The van der Waals surface area contributed by atoms with Crippen LogP contribution < -0.4 is 10.1 Å². The zero-order valence-electron chi connectivity index (χ0n) is 15.1. The quantitative estimate of drug-likeness (QED) is 0.772. The standard InChI is InChI=1S/C20H20N6O/c1-27-19-7-9-21-20(24-19)22-14-5-6-16-17(13-14)26-12-11-25(15-3-2-4-15)10-8-18(26)23-16/h2-7,9,13H,8,10-12H2,1H3,(H,21,22,24). The summed E-state index contributed by atoms with van der Waals surface area (Å²) >= 11 is 0. The van der Waals surface area contributed by atoms with Crippen LogP contribution in [-0.2, 0) is 13.0 Å². The molecule has 5 rings (SSSR count). The predicted octanol–water partition coefficient (Wildman–Crippen LogP) is 2.89. The molecule has 0 radical (unpaired) electrons. The third-order valence-electron chi connectivity index (χ3n) is 5.02. The van der Waals surface area contributed by atoms with Gasteiger partial charge < -0.3 is 19.5 Å². The number of anilines is 2. The lowest BCUT2D eigenvalue weighted by Gasteiger charge is -2.25. The lowest BCUT2D eigenvalue weighted by molar-refractivity contribution is 0.359. The molecule has 0 atom stereocenters. The second-order valence-corrected chi connectivity index (χ2v) is 6.62. The lowest BCUT2D eigenvalue weighted by atomic mass is 10.2. The fourth-order valence-corrected chi connectivity index (χ4v) is 3.55. The first kappa shape index (κ1) is 15.9. The van der Waals surface area contributed by atoms with Gasteiger partial charge in [0.05, 0.1) is 18.1 Å². The fourth-order valence-electron chi connectivity index (χ4n) is 3.55. The molecule has 2 aliphatic rings. The molecule has 2 aromatic heterocycles. The van der Waals surface area contributed by atoms with Gasteiger partial charge in [-0.25, -0.2) is 9.97 Å². The number of methoxy groups -OCH3 is 1. The van der Waals surface area contributed by atoms with Crippen LogP contribution in [0.25, 0.3) is 11.0 Å². The SMILES string of the molecule is COc1ccnc(Nc2ccc3nc4n(c3c2)CCN(C2=CC=C2)CC4)n1. The number of nitrogens with zero attached hydrogens (tertiary/aromatic N) is 5. The molecule has 0 amide bonds. The molecule has 3 heterocycles. The van der Waals surface area contributed by atoms with Crippen molar-refractivity contribution < 1.29 is 4.74 Å². The molecular weight excluding hydrogens is 340 g/mol. The van der Waals surface area contributed by atoms with E-state index in [1.807, 2.05) is 6.07 Å². The largest absolute Gasteiger partial charge is 0.481 e. The Balaban J connectivity index is 1.43. The van der Waals surface area contributed by atoms with Gasteiger partial charge in [-0.3, -0.25) is 0 Å². The zero-order valence-corrected chi connectivity index (χ0v) is 15.1. The molecule has 1 aromatic carbocycles. The van der Waals surface area contributed by atoms with Crippen molar-refractivity contribution in [1.82, 2.24) is 24.4 Å². The van der Waals surface area contributed by atoms with Crippen molar-refractivity contribution in [2.75, 3.05) is 25.5 Å². The number of aromatic nitrogens is 4. The molecule has 0 spiro atoms. The second-order valence-electron chi connectivity index (χ2n) is 6.62. The number of ether oxygens (including phenoxy) is 1. The highest BCUT2D eigenvalue weighted by atomic mass is 16.5. The van der Waals surface area contributed by atoms with Crippen molar-refractivity contribution in [3.63, 3.8) is 0 Å². The highest BCUT2D eigenvalue weighted by molar-refractivity contribution is 5.81. The third kappa shape index (κ3) is 2.91. The van der Waals surface area contributed by atoms with E-state index < -0.39 is 0 Å². The minimum absolute atomic E-state index is 0.513. The summed E-state index contributed by atoms with van der Waals surface area (Å²) in [5.74, 6) is 2.19. The van der Waals surface area contributed by atoms with E-state index in [0.717, 1.165) is 48.6 Å². The van der Waals surface area contributed by atoms with Gasteiger partial charge in [-0.15, -0.1) is 0 Å². The maximum atomic E-state index is 5.16. The van der Waals surface area contributed by atoms with Gasteiger partial charge in [0.2, 0.25) is 11.8 Å².